The summed E-state index contributed by atoms with van der Waals surface area (Å²) >= 11 is 9.01. The molecule has 0 spiro atoms. The first-order valence-electron chi connectivity index (χ1n) is 2.89. The van der Waals surface area contributed by atoms with E-state index in [2.05, 4.69) is 15.9 Å². The molecule has 0 aromatic heterocycles. The fourth-order valence-electron chi connectivity index (χ4n) is 0.428. The van der Waals surface area contributed by atoms with Gasteiger partial charge in [0.15, 0.2) is 0 Å². The van der Waals surface area contributed by atoms with Gasteiger partial charge in [-0.2, -0.15) is 8.78 Å². The topological polar surface area (TPSA) is 37.3 Å². The van der Waals surface area contributed by atoms with Crippen LogP contribution in [-0.4, -0.2) is 25.9 Å². The van der Waals surface area contributed by atoms with Crippen LogP contribution in [0.4, 0.5) is 13.2 Å². The van der Waals surface area contributed by atoms with Crippen LogP contribution in [0.25, 0.3) is 0 Å². The van der Waals surface area contributed by atoms with Gasteiger partial charge >= 0.3 is 10.8 Å². The second-order valence-electron chi connectivity index (χ2n) is 2.21. The van der Waals surface area contributed by atoms with Crippen molar-refractivity contribution < 1.29 is 23.1 Å². The number of carbonyl (C=O) groups is 1. The first-order chi connectivity index (χ1) is 5.58. The van der Waals surface area contributed by atoms with Crippen molar-refractivity contribution in [1.82, 2.24) is 0 Å². The molecule has 0 aliphatic heterocycles. The van der Waals surface area contributed by atoms with Crippen molar-refractivity contribution in [2.45, 2.75) is 21.2 Å². The van der Waals surface area contributed by atoms with Gasteiger partial charge in [-0.15, -0.1) is 0 Å². The number of hydrogen-bond acceptors (Lipinski definition) is 1. The van der Waals surface area contributed by atoms with Crippen molar-refractivity contribution in [1.29, 1.82) is 0 Å². The Bertz CT molecular complexity index is 206. The number of carboxylic acid groups (broad SMARTS) is 1. The first kappa shape index (κ1) is 13.5. The number of alkyl halides is 6. The monoisotopic (exact) mass is 346 g/mol. The third-order valence-electron chi connectivity index (χ3n) is 1.12. The van der Waals surface area contributed by atoms with Crippen molar-refractivity contribution >= 4 is 49.4 Å². The summed E-state index contributed by atoms with van der Waals surface area (Å²) in [7, 11) is 0. The zero-order valence-electron chi connectivity index (χ0n) is 5.91. The Morgan fingerprint density at radius 3 is 2.15 bits per heavy atom. The Morgan fingerprint density at radius 2 is 1.92 bits per heavy atom. The zero-order chi connectivity index (χ0) is 10.9. The number of aliphatic carboxylic acids is 1. The molecule has 2 nitrogen and oxygen atoms in total. The number of rotatable bonds is 4. The number of hydrogen-bond donors (Lipinski definition) is 1. The maximum atomic E-state index is 12.9. The highest BCUT2D eigenvalue weighted by molar-refractivity contribution is 9.10. The van der Waals surface area contributed by atoms with Gasteiger partial charge in [-0.25, -0.2) is 4.39 Å². The molecule has 2 unspecified atom stereocenters. The summed E-state index contributed by atoms with van der Waals surface area (Å²) in [5, 5.41) is 4.85. The van der Waals surface area contributed by atoms with E-state index in [-0.39, 0.29) is 0 Å². The van der Waals surface area contributed by atoms with E-state index >= 15 is 0 Å². The first-order valence-corrected chi connectivity index (χ1v) is 4.98. The zero-order valence-corrected chi connectivity index (χ0v) is 9.84. The minimum atomic E-state index is -3.97. The van der Waals surface area contributed by atoms with E-state index in [4.69, 9.17) is 16.7 Å². The van der Waals surface area contributed by atoms with Crippen LogP contribution in [0.5, 0.6) is 0 Å². The number of carboxylic acids is 1. The molecule has 0 heterocycles. The van der Waals surface area contributed by atoms with E-state index in [0.717, 1.165) is 0 Å². The molecule has 1 N–H and O–H groups in total. The van der Waals surface area contributed by atoms with Gasteiger partial charge in [0.1, 0.15) is 4.83 Å². The molecule has 0 saturated carbocycles. The Labute approximate surface area is 93.7 Å². The van der Waals surface area contributed by atoms with Crippen LogP contribution >= 0.6 is 43.5 Å². The lowest BCUT2D eigenvalue weighted by molar-refractivity contribution is -0.137. The van der Waals surface area contributed by atoms with Gasteiger partial charge in [0, 0.05) is 6.42 Å². The number of halogens is 6. The van der Waals surface area contributed by atoms with Crippen molar-refractivity contribution in [2.24, 2.45) is 0 Å². The minimum Gasteiger partial charge on any atom is -0.480 e. The van der Waals surface area contributed by atoms with Crippen molar-refractivity contribution in [2.75, 3.05) is 0 Å². The van der Waals surface area contributed by atoms with Gasteiger partial charge in [-0.3, -0.25) is 4.79 Å². The summed E-state index contributed by atoms with van der Waals surface area (Å²) in [6.07, 6.45) is -1.05. The van der Waals surface area contributed by atoms with Gasteiger partial charge in [-0.1, -0.05) is 27.5 Å². The minimum absolute atomic E-state index is 1.05. The van der Waals surface area contributed by atoms with Crippen LogP contribution < -0.4 is 0 Å². The Hall–Kier alpha value is 0.510. The lowest BCUT2D eigenvalue weighted by Crippen LogP contribution is -2.37. The molecule has 0 aliphatic carbocycles. The lowest BCUT2D eigenvalue weighted by Gasteiger charge is -2.23. The Morgan fingerprint density at radius 1 is 1.54 bits per heavy atom. The standard InChI is InChI=1S/C5H4Br2ClF3O2/c6-2(3(12)13)1-4(8,9)5(7,10)11/h2H,1H2,(H,12,13). The highest BCUT2D eigenvalue weighted by Crippen LogP contribution is 2.45. The molecule has 0 amide bonds. The lowest BCUT2D eigenvalue weighted by atomic mass is 10.2. The van der Waals surface area contributed by atoms with Crippen molar-refractivity contribution in [3.8, 4) is 0 Å². The summed E-state index contributed by atoms with van der Waals surface area (Å²) in [5.74, 6) is -1.46. The SMILES string of the molecule is O=C(O)C(Br)CC(F)(Cl)C(F)(F)Br. The molecule has 0 aromatic rings. The molecule has 13 heavy (non-hydrogen) atoms. The third-order valence-corrected chi connectivity index (χ3v) is 3.08. The second-order valence-corrected chi connectivity index (χ2v) is 4.91. The van der Waals surface area contributed by atoms with Gasteiger partial charge in [0.05, 0.1) is 0 Å². The average Bonchev–Trinajstić information content (AvgIpc) is 1.83. The smallest absolute Gasteiger partial charge is 0.348 e. The van der Waals surface area contributed by atoms with E-state index in [1.54, 1.807) is 15.9 Å². The maximum Gasteiger partial charge on any atom is 0.348 e. The molecule has 78 valence electrons. The van der Waals surface area contributed by atoms with Crippen LogP contribution in [-0.2, 0) is 4.79 Å². The predicted molar refractivity (Wildman–Crippen MR) is 48.5 cm³/mol. The Kier molecular flexibility index (Phi) is 4.52. The highest BCUT2D eigenvalue weighted by atomic mass is 79.9. The largest absolute Gasteiger partial charge is 0.480 e. The van der Waals surface area contributed by atoms with E-state index < -0.39 is 27.2 Å². The van der Waals surface area contributed by atoms with E-state index in [9.17, 15) is 18.0 Å². The summed E-state index contributed by atoms with van der Waals surface area (Å²) in [4.78, 5) is 4.74. The van der Waals surface area contributed by atoms with Crippen LogP contribution in [0.15, 0.2) is 0 Å². The van der Waals surface area contributed by atoms with Crippen molar-refractivity contribution in [3.63, 3.8) is 0 Å². The van der Waals surface area contributed by atoms with Crippen LogP contribution in [0, 0.1) is 0 Å². The third kappa shape index (κ3) is 4.03. The molecular weight excluding hydrogens is 344 g/mol. The average molecular weight is 348 g/mol. The van der Waals surface area contributed by atoms with Crippen LogP contribution in [0.3, 0.4) is 0 Å². The molecule has 0 saturated heterocycles. The van der Waals surface area contributed by atoms with E-state index in [1.165, 1.54) is 0 Å². The predicted octanol–water partition coefficient (Wildman–Crippen LogP) is 3.12. The molecule has 8 heteroatoms. The van der Waals surface area contributed by atoms with Gasteiger partial charge in [0.25, 0.3) is 5.13 Å². The summed E-state index contributed by atoms with van der Waals surface area (Å²) < 4.78 is 37.5. The van der Waals surface area contributed by atoms with Gasteiger partial charge in [0.2, 0.25) is 0 Å². The molecular formula is C5H4Br2ClF3O2. The van der Waals surface area contributed by atoms with E-state index in [1.807, 2.05) is 0 Å². The second kappa shape index (κ2) is 4.35. The molecule has 0 aromatic carbocycles. The molecule has 0 fully saturated rings. The van der Waals surface area contributed by atoms with Crippen LogP contribution in [0.1, 0.15) is 6.42 Å². The molecule has 0 aliphatic rings. The van der Waals surface area contributed by atoms with Crippen LogP contribution in [0.2, 0.25) is 0 Å². The Balaban J connectivity index is 4.43. The summed E-state index contributed by atoms with van der Waals surface area (Å²) in [6.45, 7) is 0. The molecule has 0 rings (SSSR count). The maximum absolute atomic E-state index is 12.9. The van der Waals surface area contributed by atoms with Gasteiger partial charge in [-0.05, 0) is 15.9 Å². The summed E-state index contributed by atoms with van der Waals surface area (Å²) in [6, 6.07) is 0. The molecule has 2 atom stereocenters. The van der Waals surface area contributed by atoms with E-state index in [0.29, 0.717) is 0 Å². The van der Waals surface area contributed by atoms with Crippen molar-refractivity contribution in [3.05, 3.63) is 0 Å². The quantitative estimate of drug-likeness (QED) is 0.793. The normalized spacial score (nSPS) is 19.2. The fraction of sp³-hybridized carbons (Fsp3) is 0.800. The molecule has 0 bridgehead atoms. The van der Waals surface area contributed by atoms with Gasteiger partial charge < -0.3 is 5.11 Å². The fourth-order valence-corrected chi connectivity index (χ4v) is 1.38. The summed E-state index contributed by atoms with van der Waals surface area (Å²) in [5.41, 5.74) is 0. The molecule has 0 radical (unpaired) electrons. The highest BCUT2D eigenvalue weighted by Gasteiger charge is 2.53.